The standard InChI is InChI=1S/C8H15NO5S/c1-6(3-4-8(11)12)9-7(10)5-15(2,13)14/h6H,3-5H2,1-2H3,(H,9,10)(H,11,12). The number of hydrogen-bond acceptors (Lipinski definition) is 4. The Kier molecular flexibility index (Phi) is 5.27. The number of hydrogen-bond donors (Lipinski definition) is 2. The number of carboxylic acid groups (broad SMARTS) is 1. The van der Waals surface area contributed by atoms with Crippen molar-refractivity contribution in [1.29, 1.82) is 0 Å². The minimum atomic E-state index is -3.33. The van der Waals surface area contributed by atoms with Crippen molar-refractivity contribution in [1.82, 2.24) is 5.32 Å². The third kappa shape index (κ3) is 9.20. The van der Waals surface area contributed by atoms with E-state index in [0.29, 0.717) is 0 Å². The molecule has 0 aliphatic carbocycles. The average molecular weight is 237 g/mol. The van der Waals surface area contributed by atoms with Crippen LogP contribution in [-0.2, 0) is 19.4 Å². The third-order valence-corrected chi connectivity index (χ3v) is 2.38. The third-order valence-electron chi connectivity index (χ3n) is 1.59. The maximum Gasteiger partial charge on any atom is 0.303 e. The summed E-state index contributed by atoms with van der Waals surface area (Å²) in [5.74, 6) is -2.11. The van der Waals surface area contributed by atoms with E-state index in [4.69, 9.17) is 5.11 Å². The summed E-state index contributed by atoms with van der Waals surface area (Å²) in [6.45, 7) is 1.63. The van der Waals surface area contributed by atoms with Crippen LogP contribution in [0.25, 0.3) is 0 Å². The molecule has 0 radical (unpaired) electrons. The van der Waals surface area contributed by atoms with E-state index in [0.717, 1.165) is 6.26 Å². The molecule has 15 heavy (non-hydrogen) atoms. The predicted octanol–water partition coefficient (Wildman–Crippen LogP) is -0.599. The first-order valence-corrected chi connectivity index (χ1v) is 6.45. The Morgan fingerprint density at radius 2 is 1.93 bits per heavy atom. The average Bonchev–Trinajstić information content (AvgIpc) is 1.96. The van der Waals surface area contributed by atoms with E-state index < -0.39 is 27.5 Å². The van der Waals surface area contributed by atoms with Crippen LogP contribution in [0.1, 0.15) is 19.8 Å². The van der Waals surface area contributed by atoms with E-state index in [2.05, 4.69) is 5.32 Å². The Bertz CT molecular complexity index is 335. The van der Waals surface area contributed by atoms with Gasteiger partial charge in [-0.05, 0) is 13.3 Å². The molecular formula is C8H15NO5S. The lowest BCUT2D eigenvalue weighted by molar-refractivity contribution is -0.137. The van der Waals surface area contributed by atoms with Crippen LogP contribution in [0.2, 0.25) is 0 Å². The van der Waals surface area contributed by atoms with Crippen molar-refractivity contribution in [2.24, 2.45) is 0 Å². The van der Waals surface area contributed by atoms with Crippen LogP contribution in [0, 0.1) is 0 Å². The summed E-state index contributed by atoms with van der Waals surface area (Å²) in [6, 6.07) is -0.338. The summed E-state index contributed by atoms with van der Waals surface area (Å²) in [5.41, 5.74) is 0. The molecule has 0 spiro atoms. The van der Waals surface area contributed by atoms with Crippen molar-refractivity contribution in [3.8, 4) is 0 Å². The normalized spacial score (nSPS) is 13.2. The molecule has 6 nitrogen and oxygen atoms in total. The van der Waals surface area contributed by atoms with E-state index >= 15 is 0 Å². The van der Waals surface area contributed by atoms with Crippen molar-refractivity contribution in [2.75, 3.05) is 12.0 Å². The highest BCUT2D eigenvalue weighted by Gasteiger charge is 2.13. The van der Waals surface area contributed by atoms with Crippen molar-refractivity contribution < 1.29 is 23.1 Å². The Hall–Kier alpha value is -1.11. The number of carbonyl (C=O) groups excluding carboxylic acids is 1. The van der Waals surface area contributed by atoms with Crippen molar-refractivity contribution in [3.05, 3.63) is 0 Å². The molecule has 7 heteroatoms. The number of carbonyl (C=O) groups is 2. The topological polar surface area (TPSA) is 101 Å². The maximum absolute atomic E-state index is 11.1. The second kappa shape index (κ2) is 5.69. The number of carboxylic acids is 1. The summed E-state index contributed by atoms with van der Waals surface area (Å²) < 4.78 is 21.5. The SMILES string of the molecule is CC(CCC(=O)O)NC(=O)CS(C)(=O)=O. The summed E-state index contributed by atoms with van der Waals surface area (Å²) in [5, 5.41) is 10.8. The molecule has 0 heterocycles. The van der Waals surface area contributed by atoms with Gasteiger partial charge in [0.1, 0.15) is 5.75 Å². The van der Waals surface area contributed by atoms with Crippen molar-refractivity contribution >= 4 is 21.7 Å². The quantitative estimate of drug-likeness (QED) is 0.642. The molecule has 0 aliphatic heterocycles. The van der Waals surface area contributed by atoms with Gasteiger partial charge in [-0.1, -0.05) is 0 Å². The molecule has 0 rings (SSSR count). The zero-order valence-electron chi connectivity index (χ0n) is 8.69. The van der Waals surface area contributed by atoms with Gasteiger partial charge < -0.3 is 10.4 Å². The molecule has 0 aromatic rings. The van der Waals surface area contributed by atoms with E-state index in [-0.39, 0.29) is 18.9 Å². The second-order valence-corrected chi connectivity index (χ2v) is 5.61. The van der Waals surface area contributed by atoms with E-state index in [9.17, 15) is 18.0 Å². The fourth-order valence-corrected chi connectivity index (χ4v) is 1.53. The number of rotatable bonds is 6. The summed E-state index contributed by atoms with van der Waals surface area (Å²) in [7, 11) is -3.33. The maximum atomic E-state index is 11.1. The fourth-order valence-electron chi connectivity index (χ4n) is 0.967. The molecule has 2 N–H and O–H groups in total. The molecule has 0 aromatic carbocycles. The number of amides is 1. The molecule has 0 saturated carbocycles. The van der Waals surface area contributed by atoms with Gasteiger partial charge in [0.15, 0.2) is 9.84 Å². The lowest BCUT2D eigenvalue weighted by Crippen LogP contribution is -2.36. The van der Waals surface area contributed by atoms with Gasteiger partial charge in [-0.3, -0.25) is 9.59 Å². The predicted molar refractivity (Wildman–Crippen MR) is 54.2 cm³/mol. The van der Waals surface area contributed by atoms with Gasteiger partial charge in [-0.2, -0.15) is 0 Å². The minimum absolute atomic E-state index is 0.0552. The van der Waals surface area contributed by atoms with Crippen molar-refractivity contribution in [2.45, 2.75) is 25.8 Å². The first-order chi connectivity index (χ1) is 6.70. The lowest BCUT2D eigenvalue weighted by Gasteiger charge is -2.11. The van der Waals surface area contributed by atoms with Gasteiger partial charge in [0.25, 0.3) is 0 Å². The van der Waals surface area contributed by atoms with Crippen LogP contribution in [0.3, 0.4) is 0 Å². The van der Waals surface area contributed by atoms with Gasteiger partial charge in [0, 0.05) is 18.7 Å². The van der Waals surface area contributed by atoms with Gasteiger partial charge in [-0.25, -0.2) is 8.42 Å². The molecule has 0 saturated heterocycles. The molecule has 0 bridgehead atoms. The largest absolute Gasteiger partial charge is 0.481 e. The number of nitrogens with one attached hydrogen (secondary N) is 1. The van der Waals surface area contributed by atoms with Gasteiger partial charge in [-0.15, -0.1) is 0 Å². The molecule has 88 valence electrons. The lowest BCUT2D eigenvalue weighted by atomic mass is 10.2. The summed E-state index contributed by atoms with van der Waals surface area (Å²) >= 11 is 0. The van der Waals surface area contributed by atoms with Crippen LogP contribution in [0.15, 0.2) is 0 Å². The number of aliphatic carboxylic acids is 1. The molecule has 1 unspecified atom stereocenters. The smallest absolute Gasteiger partial charge is 0.303 e. The monoisotopic (exact) mass is 237 g/mol. The molecule has 1 atom stereocenters. The zero-order chi connectivity index (χ0) is 12.1. The van der Waals surface area contributed by atoms with Crippen LogP contribution in [0.5, 0.6) is 0 Å². The highest BCUT2D eigenvalue weighted by molar-refractivity contribution is 7.91. The van der Waals surface area contributed by atoms with Crippen LogP contribution < -0.4 is 5.32 Å². The van der Waals surface area contributed by atoms with Crippen molar-refractivity contribution in [3.63, 3.8) is 0 Å². The minimum Gasteiger partial charge on any atom is -0.481 e. The molecule has 0 aromatic heterocycles. The summed E-state index contributed by atoms with van der Waals surface area (Å²) in [4.78, 5) is 21.3. The van der Waals surface area contributed by atoms with E-state index in [1.165, 1.54) is 0 Å². The van der Waals surface area contributed by atoms with Crippen LogP contribution in [-0.4, -0.2) is 43.5 Å². The molecule has 0 aliphatic rings. The van der Waals surface area contributed by atoms with Crippen LogP contribution >= 0.6 is 0 Å². The Labute approximate surface area is 88.6 Å². The first-order valence-electron chi connectivity index (χ1n) is 4.39. The van der Waals surface area contributed by atoms with E-state index in [1.807, 2.05) is 0 Å². The van der Waals surface area contributed by atoms with Gasteiger partial charge in [0.05, 0.1) is 0 Å². The summed E-state index contributed by atoms with van der Waals surface area (Å²) in [6.07, 6.45) is 1.19. The second-order valence-electron chi connectivity index (χ2n) is 3.47. The number of sulfone groups is 1. The molecule has 1 amide bonds. The molecule has 0 fully saturated rings. The van der Waals surface area contributed by atoms with Gasteiger partial charge >= 0.3 is 5.97 Å². The fraction of sp³-hybridized carbons (Fsp3) is 0.750. The van der Waals surface area contributed by atoms with E-state index in [1.54, 1.807) is 6.92 Å². The first kappa shape index (κ1) is 13.9. The Balaban J connectivity index is 3.92. The Morgan fingerprint density at radius 3 is 2.33 bits per heavy atom. The highest BCUT2D eigenvalue weighted by Crippen LogP contribution is 1.96. The Morgan fingerprint density at radius 1 is 1.40 bits per heavy atom. The van der Waals surface area contributed by atoms with Crippen LogP contribution in [0.4, 0.5) is 0 Å². The zero-order valence-corrected chi connectivity index (χ0v) is 9.50. The molecular weight excluding hydrogens is 222 g/mol. The van der Waals surface area contributed by atoms with Gasteiger partial charge in [0.2, 0.25) is 5.91 Å². The highest BCUT2D eigenvalue weighted by atomic mass is 32.2.